The van der Waals surface area contributed by atoms with Crippen molar-refractivity contribution in [2.24, 2.45) is 5.92 Å². The minimum absolute atomic E-state index is 0.294. The quantitative estimate of drug-likeness (QED) is 0.691. The Labute approximate surface area is 134 Å². The van der Waals surface area contributed by atoms with E-state index in [0.29, 0.717) is 37.5 Å². The van der Waals surface area contributed by atoms with Gasteiger partial charge in [0.1, 0.15) is 0 Å². The minimum Gasteiger partial charge on any atom is -0.299 e. The molecule has 2 aliphatic heterocycles. The lowest BCUT2D eigenvalue weighted by atomic mass is 10.0. The number of piperidine rings is 1. The van der Waals surface area contributed by atoms with E-state index < -0.39 is 10.2 Å². The Morgan fingerprint density at radius 1 is 1.24 bits per heavy atom. The van der Waals surface area contributed by atoms with Gasteiger partial charge in [0.2, 0.25) is 0 Å². The zero-order valence-corrected chi connectivity index (χ0v) is 14.7. The molecular weight excluding hydrogens is 310 g/mol. The van der Waals surface area contributed by atoms with E-state index in [1.54, 1.807) is 15.7 Å². The highest BCUT2D eigenvalue weighted by molar-refractivity contribution is 7.86. The molecule has 2 atom stereocenters. The van der Waals surface area contributed by atoms with Crippen LogP contribution in [0, 0.1) is 5.92 Å². The second-order valence-electron chi connectivity index (χ2n) is 6.23. The van der Waals surface area contributed by atoms with Gasteiger partial charge in [0.25, 0.3) is 10.2 Å². The van der Waals surface area contributed by atoms with Crippen molar-refractivity contribution in [3.63, 3.8) is 0 Å². The van der Waals surface area contributed by atoms with Crippen molar-refractivity contribution < 1.29 is 8.42 Å². The van der Waals surface area contributed by atoms with Gasteiger partial charge < -0.3 is 0 Å². The molecule has 2 rings (SSSR count). The fourth-order valence-electron chi connectivity index (χ4n) is 3.47. The van der Waals surface area contributed by atoms with Gasteiger partial charge in [0.05, 0.1) is 0 Å². The SMILES string of the molecule is CCN1CCCC1CN(C)S(=O)(=O)N1CCCC(CCl)C1. The Bertz CT molecular complexity index is 432. The van der Waals surface area contributed by atoms with Crippen molar-refractivity contribution in [2.75, 3.05) is 45.7 Å². The van der Waals surface area contributed by atoms with E-state index >= 15 is 0 Å². The van der Waals surface area contributed by atoms with E-state index in [0.717, 1.165) is 32.4 Å². The van der Waals surface area contributed by atoms with Crippen LogP contribution in [0.25, 0.3) is 0 Å². The van der Waals surface area contributed by atoms with Crippen LogP contribution in [0.4, 0.5) is 0 Å². The van der Waals surface area contributed by atoms with Gasteiger partial charge in [0.15, 0.2) is 0 Å². The summed E-state index contributed by atoms with van der Waals surface area (Å²) < 4.78 is 28.6. The van der Waals surface area contributed by atoms with Crippen LogP contribution in [-0.4, -0.2) is 73.6 Å². The average Bonchev–Trinajstić information content (AvgIpc) is 2.94. The topological polar surface area (TPSA) is 43.9 Å². The van der Waals surface area contributed by atoms with Crippen LogP contribution in [-0.2, 0) is 10.2 Å². The summed E-state index contributed by atoms with van der Waals surface area (Å²) in [5.41, 5.74) is 0. The molecule has 2 saturated heterocycles. The summed E-state index contributed by atoms with van der Waals surface area (Å²) in [5.74, 6) is 0.837. The van der Waals surface area contributed by atoms with Crippen molar-refractivity contribution in [2.45, 2.75) is 38.6 Å². The Morgan fingerprint density at radius 3 is 2.62 bits per heavy atom. The van der Waals surface area contributed by atoms with Gasteiger partial charge in [0, 0.05) is 38.6 Å². The monoisotopic (exact) mass is 337 g/mol. The molecule has 0 aromatic heterocycles. The van der Waals surface area contributed by atoms with E-state index in [-0.39, 0.29) is 0 Å². The predicted molar refractivity (Wildman–Crippen MR) is 86.8 cm³/mol. The minimum atomic E-state index is -3.34. The first-order valence-electron chi connectivity index (χ1n) is 8.00. The van der Waals surface area contributed by atoms with Crippen molar-refractivity contribution >= 4 is 21.8 Å². The smallest absolute Gasteiger partial charge is 0.281 e. The van der Waals surface area contributed by atoms with Crippen LogP contribution in [0.3, 0.4) is 0 Å². The number of halogens is 1. The first kappa shape index (κ1) is 17.5. The molecule has 2 heterocycles. The highest BCUT2D eigenvalue weighted by Gasteiger charge is 2.34. The first-order chi connectivity index (χ1) is 9.98. The molecule has 0 spiro atoms. The molecule has 0 saturated carbocycles. The fourth-order valence-corrected chi connectivity index (χ4v) is 5.23. The number of hydrogen-bond donors (Lipinski definition) is 0. The third-order valence-electron chi connectivity index (χ3n) is 4.79. The van der Waals surface area contributed by atoms with Crippen molar-refractivity contribution in [3.05, 3.63) is 0 Å². The maximum absolute atomic E-state index is 12.7. The molecule has 2 aliphatic rings. The summed E-state index contributed by atoms with van der Waals surface area (Å²) in [4.78, 5) is 2.38. The van der Waals surface area contributed by atoms with Gasteiger partial charge in [-0.25, -0.2) is 0 Å². The van der Waals surface area contributed by atoms with Gasteiger partial charge in [-0.15, -0.1) is 11.6 Å². The Morgan fingerprint density at radius 2 is 1.95 bits per heavy atom. The standard InChI is InChI=1S/C14H28ClN3O2S/c1-3-17-8-5-7-14(17)12-16(2)21(19,20)18-9-4-6-13(10-15)11-18/h13-14H,3-12H2,1-2H3. The molecule has 0 N–H and O–H groups in total. The normalized spacial score (nSPS) is 29.3. The molecule has 2 unspecified atom stereocenters. The summed E-state index contributed by atoms with van der Waals surface area (Å²) in [7, 11) is -1.63. The van der Waals surface area contributed by atoms with Crippen LogP contribution in [0.2, 0.25) is 0 Å². The molecule has 0 bridgehead atoms. The van der Waals surface area contributed by atoms with Gasteiger partial charge in [-0.3, -0.25) is 4.90 Å². The second kappa shape index (κ2) is 7.59. The van der Waals surface area contributed by atoms with Crippen molar-refractivity contribution in [3.8, 4) is 0 Å². The van der Waals surface area contributed by atoms with Crippen LogP contribution < -0.4 is 0 Å². The van der Waals surface area contributed by atoms with Gasteiger partial charge in [-0.1, -0.05) is 6.92 Å². The largest absolute Gasteiger partial charge is 0.299 e. The molecule has 0 amide bonds. The lowest BCUT2D eigenvalue weighted by Crippen LogP contribution is -2.50. The van der Waals surface area contributed by atoms with E-state index in [1.165, 1.54) is 6.42 Å². The van der Waals surface area contributed by atoms with Gasteiger partial charge in [-0.05, 0) is 44.7 Å². The lowest BCUT2D eigenvalue weighted by Gasteiger charge is -2.35. The summed E-state index contributed by atoms with van der Waals surface area (Å²) in [6.07, 6.45) is 4.21. The molecule has 7 heteroatoms. The van der Waals surface area contributed by atoms with Crippen LogP contribution in [0.5, 0.6) is 0 Å². The van der Waals surface area contributed by atoms with Crippen molar-refractivity contribution in [1.29, 1.82) is 0 Å². The Kier molecular flexibility index (Phi) is 6.32. The molecule has 0 aromatic rings. The van der Waals surface area contributed by atoms with E-state index in [4.69, 9.17) is 11.6 Å². The molecular formula is C14H28ClN3O2S. The Balaban J connectivity index is 1.98. The third kappa shape index (κ3) is 4.10. The maximum atomic E-state index is 12.7. The molecule has 0 aromatic carbocycles. The number of likely N-dealkylation sites (tertiary alicyclic amines) is 1. The third-order valence-corrected chi connectivity index (χ3v) is 7.15. The predicted octanol–water partition coefficient (Wildman–Crippen LogP) is 1.60. The van der Waals surface area contributed by atoms with E-state index in [2.05, 4.69) is 11.8 Å². The number of likely N-dealkylation sites (N-methyl/N-ethyl adjacent to an activating group) is 2. The summed E-state index contributed by atoms with van der Waals surface area (Å²) >= 11 is 5.91. The van der Waals surface area contributed by atoms with Crippen molar-refractivity contribution in [1.82, 2.24) is 13.5 Å². The molecule has 21 heavy (non-hydrogen) atoms. The molecule has 0 aliphatic carbocycles. The van der Waals surface area contributed by atoms with Crippen LogP contribution >= 0.6 is 11.6 Å². The summed E-state index contributed by atoms with van der Waals surface area (Å²) in [6, 6.07) is 0.364. The number of rotatable bonds is 6. The average molecular weight is 338 g/mol. The molecule has 5 nitrogen and oxygen atoms in total. The zero-order valence-electron chi connectivity index (χ0n) is 13.2. The van der Waals surface area contributed by atoms with Gasteiger partial charge in [-0.2, -0.15) is 17.0 Å². The fraction of sp³-hybridized carbons (Fsp3) is 1.00. The summed E-state index contributed by atoms with van der Waals surface area (Å²) in [5, 5.41) is 0. The number of nitrogens with zero attached hydrogens (tertiary/aromatic N) is 3. The maximum Gasteiger partial charge on any atom is 0.281 e. The Hall–Kier alpha value is 0.120. The van der Waals surface area contributed by atoms with Crippen LogP contribution in [0.1, 0.15) is 32.6 Å². The summed E-state index contributed by atoms with van der Waals surface area (Å²) in [6.45, 7) is 6.02. The lowest BCUT2D eigenvalue weighted by molar-refractivity contribution is 0.222. The van der Waals surface area contributed by atoms with Gasteiger partial charge >= 0.3 is 0 Å². The number of hydrogen-bond acceptors (Lipinski definition) is 3. The number of alkyl halides is 1. The highest BCUT2D eigenvalue weighted by Crippen LogP contribution is 2.23. The molecule has 124 valence electrons. The second-order valence-corrected chi connectivity index (χ2v) is 8.58. The molecule has 2 fully saturated rings. The van der Waals surface area contributed by atoms with E-state index in [1.807, 2.05) is 0 Å². The highest BCUT2D eigenvalue weighted by atomic mass is 35.5. The molecule has 0 radical (unpaired) electrons. The van der Waals surface area contributed by atoms with Crippen LogP contribution in [0.15, 0.2) is 0 Å². The zero-order chi connectivity index (χ0) is 15.5. The van der Waals surface area contributed by atoms with E-state index in [9.17, 15) is 8.42 Å². The first-order valence-corrected chi connectivity index (χ1v) is 9.93.